The molecule has 0 aromatic carbocycles. The minimum absolute atomic E-state index is 0.353. The molecular formula is C9H15N3O. The van der Waals surface area contributed by atoms with Gasteiger partial charge in [-0.25, -0.2) is 0 Å². The predicted octanol–water partition coefficient (Wildman–Crippen LogP) is 1.04. The smallest absolute Gasteiger partial charge is 0.161 e. The van der Waals surface area contributed by atoms with Gasteiger partial charge in [0.25, 0.3) is 0 Å². The van der Waals surface area contributed by atoms with Gasteiger partial charge in [-0.2, -0.15) is 0 Å². The second kappa shape index (κ2) is 2.80. The molecule has 0 radical (unpaired) electrons. The van der Waals surface area contributed by atoms with E-state index in [1.54, 1.807) is 10.9 Å². The maximum Gasteiger partial charge on any atom is 0.161 e. The van der Waals surface area contributed by atoms with E-state index in [0.29, 0.717) is 11.2 Å². The summed E-state index contributed by atoms with van der Waals surface area (Å²) < 4.78 is 1.77. The molecule has 0 bridgehead atoms. The summed E-state index contributed by atoms with van der Waals surface area (Å²) in [6, 6.07) is 0. The topological polar surface area (TPSA) is 50.9 Å². The maximum atomic E-state index is 9.84. The average molecular weight is 181 g/mol. The summed E-state index contributed by atoms with van der Waals surface area (Å²) in [6.07, 6.45) is 4.41. The summed E-state index contributed by atoms with van der Waals surface area (Å²) in [5.41, 5.74) is 0.353. The van der Waals surface area contributed by atoms with Crippen LogP contribution < -0.4 is 0 Å². The number of hydrogen-bond acceptors (Lipinski definition) is 3. The van der Waals surface area contributed by atoms with E-state index in [0.717, 1.165) is 6.42 Å². The van der Waals surface area contributed by atoms with Crippen molar-refractivity contribution in [2.45, 2.75) is 32.3 Å². The molecule has 1 N–H and O–H groups in total. The molecule has 0 saturated heterocycles. The van der Waals surface area contributed by atoms with E-state index in [9.17, 15) is 5.11 Å². The molecule has 1 aliphatic carbocycles. The first-order valence-electron chi connectivity index (χ1n) is 4.63. The largest absolute Gasteiger partial charge is 0.385 e. The van der Waals surface area contributed by atoms with E-state index in [4.69, 9.17) is 0 Å². The normalized spacial score (nSPS) is 21.5. The molecule has 0 amide bonds. The number of rotatable bonds is 3. The standard InChI is InChI=1S/C9H15N3O/c1-9(3-4-9)5-7(13)8-11-10-6-12(8)2/h6-7,13H,3-5H2,1-2H3. The van der Waals surface area contributed by atoms with Crippen LogP contribution in [0.1, 0.15) is 38.1 Å². The van der Waals surface area contributed by atoms with Crippen molar-refractivity contribution in [3.05, 3.63) is 12.2 Å². The Morgan fingerprint density at radius 2 is 2.38 bits per heavy atom. The second-order valence-electron chi connectivity index (χ2n) is 4.33. The van der Waals surface area contributed by atoms with E-state index >= 15 is 0 Å². The highest BCUT2D eigenvalue weighted by Crippen LogP contribution is 2.50. The van der Waals surface area contributed by atoms with Crippen LogP contribution in [-0.4, -0.2) is 19.9 Å². The van der Waals surface area contributed by atoms with Crippen molar-refractivity contribution in [3.63, 3.8) is 0 Å². The highest BCUT2D eigenvalue weighted by atomic mass is 16.3. The zero-order chi connectivity index (χ0) is 9.47. The third kappa shape index (κ3) is 1.72. The molecule has 1 aromatic rings. The summed E-state index contributed by atoms with van der Waals surface area (Å²) in [5.74, 6) is 0.674. The van der Waals surface area contributed by atoms with Crippen molar-refractivity contribution >= 4 is 0 Å². The Morgan fingerprint density at radius 3 is 2.85 bits per heavy atom. The third-order valence-electron chi connectivity index (χ3n) is 2.83. The lowest BCUT2D eigenvalue weighted by Crippen LogP contribution is -2.09. The molecule has 1 aromatic heterocycles. The second-order valence-corrected chi connectivity index (χ2v) is 4.33. The molecule has 1 saturated carbocycles. The van der Waals surface area contributed by atoms with Crippen LogP contribution >= 0.6 is 0 Å². The molecule has 72 valence electrons. The molecule has 1 atom stereocenters. The highest BCUT2D eigenvalue weighted by Gasteiger charge is 2.39. The molecule has 1 unspecified atom stereocenters. The quantitative estimate of drug-likeness (QED) is 0.758. The SMILES string of the molecule is Cn1cnnc1C(O)CC1(C)CC1. The number of aryl methyl sites for hydroxylation is 1. The zero-order valence-electron chi connectivity index (χ0n) is 8.06. The van der Waals surface area contributed by atoms with Crippen molar-refractivity contribution in [2.75, 3.05) is 0 Å². The molecule has 0 aliphatic heterocycles. The number of nitrogens with zero attached hydrogens (tertiary/aromatic N) is 3. The summed E-state index contributed by atoms with van der Waals surface area (Å²) >= 11 is 0. The van der Waals surface area contributed by atoms with Crippen molar-refractivity contribution in [3.8, 4) is 0 Å². The maximum absolute atomic E-state index is 9.84. The Hall–Kier alpha value is -0.900. The molecule has 4 heteroatoms. The molecule has 1 aliphatic rings. The van der Waals surface area contributed by atoms with Gasteiger partial charge < -0.3 is 9.67 Å². The van der Waals surface area contributed by atoms with Gasteiger partial charge >= 0.3 is 0 Å². The minimum atomic E-state index is -0.458. The van der Waals surface area contributed by atoms with Crippen LogP contribution in [0.15, 0.2) is 6.33 Å². The molecule has 0 spiro atoms. The van der Waals surface area contributed by atoms with Gasteiger partial charge in [0.1, 0.15) is 12.4 Å². The zero-order valence-corrected chi connectivity index (χ0v) is 8.06. The van der Waals surface area contributed by atoms with Crippen LogP contribution in [0.4, 0.5) is 0 Å². The van der Waals surface area contributed by atoms with Gasteiger partial charge in [-0.3, -0.25) is 0 Å². The van der Waals surface area contributed by atoms with Gasteiger partial charge in [-0.1, -0.05) is 6.92 Å². The number of aliphatic hydroxyl groups is 1. The fourth-order valence-corrected chi connectivity index (χ4v) is 1.57. The molecular weight excluding hydrogens is 166 g/mol. The number of hydrogen-bond donors (Lipinski definition) is 1. The first-order valence-corrected chi connectivity index (χ1v) is 4.63. The van der Waals surface area contributed by atoms with Gasteiger partial charge in [0.15, 0.2) is 5.82 Å². The van der Waals surface area contributed by atoms with E-state index in [1.165, 1.54) is 12.8 Å². The van der Waals surface area contributed by atoms with Crippen LogP contribution in [0.25, 0.3) is 0 Å². The number of aliphatic hydroxyl groups excluding tert-OH is 1. The van der Waals surface area contributed by atoms with E-state index < -0.39 is 6.10 Å². The monoisotopic (exact) mass is 181 g/mol. The van der Waals surface area contributed by atoms with E-state index in [2.05, 4.69) is 17.1 Å². The van der Waals surface area contributed by atoms with E-state index in [-0.39, 0.29) is 0 Å². The lowest BCUT2D eigenvalue weighted by Gasteiger charge is -2.13. The van der Waals surface area contributed by atoms with Crippen molar-refractivity contribution in [2.24, 2.45) is 12.5 Å². The first kappa shape index (κ1) is 8.69. The fraction of sp³-hybridized carbons (Fsp3) is 0.778. The first-order chi connectivity index (χ1) is 6.11. The Balaban J connectivity index is 2.05. The lowest BCUT2D eigenvalue weighted by atomic mass is 10.0. The van der Waals surface area contributed by atoms with Crippen LogP contribution in [0.2, 0.25) is 0 Å². The minimum Gasteiger partial charge on any atom is -0.385 e. The predicted molar refractivity (Wildman–Crippen MR) is 47.9 cm³/mol. The van der Waals surface area contributed by atoms with E-state index in [1.807, 2.05) is 7.05 Å². The van der Waals surface area contributed by atoms with Gasteiger partial charge in [0, 0.05) is 7.05 Å². The fourth-order valence-electron chi connectivity index (χ4n) is 1.57. The molecule has 4 nitrogen and oxygen atoms in total. The Bertz CT molecular complexity index is 304. The van der Waals surface area contributed by atoms with Gasteiger partial charge in [0.05, 0.1) is 0 Å². The lowest BCUT2D eigenvalue weighted by molar-refractivity contribution is 0.130. The summed E-state index contributed by atoms with van der Waals surface area (Å²) in [4.78, 5) is 0. The van der Waals surface area contributed by atoms with Gasteiger partial charge in [-0.05, 0) is 24.7 Å². The van der Waals surface area contributed by atoms with Crippen molar-refractivity contribution in [1.29, 1.82) is 0 Å². The molecule has 1 fully saturated rings. The number of aromatic nitrogens is 3. The van der Waals surface area contributed by atoms with Crippen LogP contribution in [0, 0.1) is 5.41 Å². The van der Waals surface area contributed by atoms with Gasteiger partial charge in [0.2, 0.25) is 0 Å². The summed E-state index contributed by atoms with van der Waals surface area (Å²) in [5, 5.41) is 17.5. The van der Waals surface area contributed by atoms with Crippen LogP contribution in [0.5, 0.6) is 0 Å². The van der Waals surface area contributed by atoms with Crippen LogP contribution in [0.3, 0.4) is 0 Å². The Kier molecular flexibility index (Phi) is 1.87. The summed E-state index contributed by atoms with van der Waals surface area (Å²) in [6.45, 7) is 2.20. The van der Waals surface area contributed by atoms with Crippen molar-refractivity contribution < 1.29 is 5.11 Å². The molecule has 2 rings (SSSR count). The Morgan fingerprint density at radius 1 is 1.69 bits per heavy atom. The summed E-state index contributed by atoms with van der Waals surface area (Å²) in [7, 11) is 1.85. The van der Waals surface area contributed by atoms with Crippen molar-refractivity contribution in [1.82, 2.24) is 14.8 Å². The molecule has 1 heterocycles. The molecule has 13 heavy (non-hydrogen) atoms. The van der Waals surface area contributed by atoms with Crippen LogP contribution in [-0.2, 0) is 7.05 Å². The average Bonchev–Trinajstić information content (AvgIpc) is 2.63. The third-order valence-corrected chi connectivity index (χ3v) is 2.83. The highest BCUT2D eigenvalue weighted by molar-refractivity contribution is 4.97. The van der Waals surface area contributed by atoms with Gasteiger partial charge in [-0.15, -0.1) is 10.2 Å². The Labute approximate surface area is 77.6 Å².